The zero-order valence-corrected chi connectivity index (χ0v) is 15.8. The Morgan fingerprint density at radius 1 is 1.22 bits per heavy atom. The predicted molar refractivity (Wildman–Crippen MR) is 103 cm³/mol. The molecule has 0 fully saturated rings. The second-order valence-corrected chi connectivity index (χ2v) is 8.43. The highest BCUT2D eigenvalue weighted by atomic mass is 35.5. The van der Waals surface area contributed by atoms with Crippen molar-refractivity contribution in [3.63, 3.8) is 0 Å². The van der Waals surface area contributed by atoms with Gasteiger partial charge in [-0.05, 0) is 42.8 Å². The van der Waals surface area contributed by atoms with E-state index in [4.69, 9.17) is 11.6 Å². The number of hydrogen-bond acceptors (Lipinski definition) is 5. The van der Waals surface area contributed by atoms with Gasteiger partial charge in [0.25, 0.3) is 11.6 Å². The predicted octanol–water partition coefficient (Wildman–Crippen LogP) is 3.51. The van der Waals surface area contributed by atoms with Crippen LogP contribution in [0.5, 0.6) is 0 Å². The summed E-state index contributed by atoms with van der Waals surface area (Å²) in [5.74, 6) is -0.709. The first-order chi connectivity index (χ1) is 12.7. The molecule has 0 spiro atoms. The van der Waals surface area contributed by atoms with Gasteiger partial charge in [0.05, 0.1) is 16.7 Å². The van der Waals surface area contributed by atoms with Crippen molar-refractivity contribution in [2.75, 3.05) is 10.7 Å². The maximum atomic E-state index is 13.2. The molecule has 140 valence electrons. The summed E-state index contributed by atoms with van der Waals surface area (Å²) in [6, 6.07) is 9.50. The number of nitro benzene ring substituents is 1. The normalized spacial score (nSPS) is 17.6. The van der Waals surface area contributed by atoms with E-state index in [2.05, 4.69) is 0 Å². The first-order valence-electron chi connectivity index (χ1n) is 7.94. The third-order valence-corrected chi connectivity index (χ3v) is 6.07. The molecule has 0 bridgehead atoms. The molecular weight excluding hydrogens is 392 g/mol. The second-order valence-electron chi connectivity index (χ2n) is 6.09. The second kappa shape index (κ2) is 7.13. The van der Waals surface area contributed by atoms with Crippen LogP contribution in [0, 0.1) is 17.0 Å². The van der Waals surface area contributed by atoms with Crippen molar-refractivity contribution < 1.29 is 18.1 Å². The fourth-order valence-corrected chi connectivity index (χ4v) is 4.32. The first kappa shape index (κ1) is 19.1. The average molecular weight is 407 g/mol. The number of anilines is 1. The molecule has 1 unspecified atom stereocenters. The van der Waals surface area contributed by atoms with E-state index in [0.717, 1.165) is 5.41 Å². The Morgan fingerprint density at radius 3 is 2.44 bits per heavy atom. The topological polar surface area (TPSA) is 97.6 Å². The summed E-state index contributed by atoms with van der Waals surface area (Å²) in [6.45, 7) is 1.74. The lowest BCUT2D eigenvalue weighted by Crippen LogP contribution is -2.41. The van der Waals surface area contributed by atoms with Crippen LogP contribution in [0.15, 0.2) is 53.9 Å². The minimum absolute atomic E-state index is 0.139. The van der Waals surface area contributed by atoms with E-state index in [1.807, 2.05) is 0 Å². The van der Waals surface area contributed by atoms with E-state index in [-0.39, 0.29) is 17.0 Å². The molecule has 0 aliphatic carbocycles. The summed E-state index contributed by atoms with van der Waals surface area (Å²) in [5.41, 5.74) is 1.18. The number of non-ortho nitro benzene ring substituents is 1. The highest BCUT2D eigenvalue weighted by Crippen LogP contribution is 2.31. The van der Waals surface area contributed by atoms with Gasteiger partial charge in [0.15, 0.2) is 9.84 Å². The van der Waals surface area contributed by atoms with Crippen molar-refractivity contribution in [2.24, 2.45) is 0 Å². The number of nitrogens with zero attached hydrogens (tertiary/aromatic N) is 2. The van der Waals surface area contributed by atoms with Crippen LogP contribution in [-0.4, -0.2) is 31.0 Å². The Bertz CT molecular complexity index is 1050. The van der Waals surface area contributed by atoms with E-state index in [1.165, 1.54) is 35.2 Å². The standard InChI is InChI=1S/C18H15ClN2O5S/c1-12-16(19)3-2-4-17(12)20(15-9-10-27(25,26)11-15)18(22)13-5-7-14(8-6-13)21(23)24/h2-10,15H,11H2,1H3. The van der Waals surface area contributed by atoms with Gasteiger partial charge in [-0.25, -0.2) is 8.42 Å². The van der Waals surface area contributed by atoms with Crippen LogP contribution >= 0.6 is 11.6 Å². The number of nitro groups is 1. The Balaban J connectivity index is 2.06. The lowest BCUT2D eigenvalue weighted by atomic mass is 10.1. The average Bonchev–Trinajstić information content (AvgIpc) is 2.98. The minimum atomic E-state index is -3.40. The highest BCUT2D eigenvalue weighted by Gasteiger charge is 2.33. The number of carbonyl (C=O) groups excluding carboxylic acids is 1. The lowest BCUT2D eigenvalue weighted by Gasteiger charge is -2.29. The largest absolute Gasteiger partial charge is 0.300 e. The lowest BCUT2D eigenvalue weighted by molar-refractivity contribution is -0.384. The van der Waals surface area contributed by atoms with Crippen LogP contribution in [-0.2, 0) is 9.84 Å². The molecule has 1 heterocycles. The van der Waals surface area contributed by atoms with E-state index < -0.39 is 26.7 Å². The SMILES string of the molecule is Cc1c(Cl)cccc1N(C(=O)c1ccc([N+](=O)[O-])cc1)C1C=CS(=O)(=O)C1. The van der Waals surface area contributed by atoms with Crippen molar-refractivity contribution in [1.29, 1.82) is 0 Å². The van der Waals surface area contributed by atoms with Crippen LogP contribution < -0.4 is 4.90 Å². The van der Waals surface area contributed by atoms with Gasteiger partial charge >= 0.3 is 0 Å². The summed E-state index contributed by atoms with van der Waals surface area (Å²) in [7, 11) is -3.40. The van der Waals surface area contributed by atoms with Gasteiger partial charge in [-0.1, -0.05) is 17.7 Å². The summed E-state index contributed by atoms with van der Waals surface area (Å²) in [5, 5.41) is 12.4. The Morgan fingerprint density at radius 2 is 1.89 bits per heavy atom. The molecule has 9 heteroatoms. The zero-order valence-electron chi connectivity index (χ0n) is 14.2. The maximum absolute atomic E-state index is 13.2. The zero-order chi connectivity index (χ0) is 19.8. The van der Waals surface area contributed by atoms with Gasteiger partial charge in [0.2, 0.25) is 0 Å². The van der Waals surface area contributed by atoms with Crippen LogP contribution in [0.4, 0.5) is 11.4 Å². The van der Waals surface area contributed by atoms with Crippen molar-refractivity contribution in [1.82, 2.24) is 0 Å². The molecule has 2 aromatic rings. The van der Waals surface area contributed by atoms with Gasteiger partial charge in [-0.2, -0.15) is 0 Å². The van der Waals surface area contributed by atoms with Gasteiger partial charge in [0.1, 0.15) is 0 Å². The molecule has 0 saturated carbocycles. The summed E-state index contributed by atoms with van der Waals surface area (Å²) in [4.78, 5) is 24.8. The fourth-order valence-electron chi connectivity index (χ4n) is 2.88. The van der Waals surface area contributed by atoms with E-state index in [0.29, 0.717) is 16.3 Å². The van der Waals surface area contributed by atoms with Gasteiger partial charge in [-0.3, -0.25) is 14.9 Å². The van der Waals surface area contributed by atoms with Crippen molar-refractivity contribution in [3.8, 4) is 0 Å². The Kier molecular flexibility index (Phi) is 5.03. The number of benzene rings is 2. The summed E-state index contributed by atoms with van der Waals surface area (Å²) in [6.07, 6.45) is 1.46. The molecule has 0 aromatic heterocycles. The molecule has 1 atom stereocenters. The van der Waals surface area contributed by atoms with Crippen molar-refractivity contribution in [3.05, 3.63) is 80.2 Å². The molecule has 0 radical (unpaired) electrons. The molecule has 0 N–H and O–H groups in total. The highest BCUT2D eigenvalue weighted by molar-refractivity contribution is 7.94. The van der Waals surface area contributed by atoms with Crippen LogP contribution in [0.25, 0.3) is 0 Å². The van der Waals surface area contributed by atoms with Crippen LogP contribution in [0.3, 0.4) is 0 Å². The fraction of sp³-hybridized carbons (Fsp3) is 0.167. The number of sulfone groups is 1. The van der Waals surface area contributed by atoms with Gasteiger partial charge < -0.3 is 4.90 Å². The molecule has 1 aliphatic heterocycles. The van der Waals surface area contributed by atoms with Crippen LogP contribution in [0.1, 0.15) is 15.9 Å². The summed E-state index contributed by atoms with van der Waals surface area (Å²) < 4.78 is 23.8. The van der Waals surface area contributed by atoms with E-state index in [9.17, 15) is 23.3 Å². The third kappa shape index (κ3) is 3.86. The monoisotopic (exact) mass is 406 g/mol. The van der Waals surface area contributed by atoms with Crippen LogP contribution in [0.2, 0.25) is 5.02 Å². The number of hydrogen-bond donors (Lipinski definition) is 0. The molecule has 1 aliphatic rings. The Hall–Kier alpha value is -2.71. The van der Waals surface area contributed by atoms with Gasteiger partial charge in [-0.15, -0.1) is 0 Å². The van der Waals surface area contributed by atoms with Gasteiger partial charge in [0, 0.05) is 33.8 Å². The molecule has 0 saturated heterocycles. The molecule has 7 nitrogen and oxygen atoms in total. The molecule has 2 aromatic carbocycles. The smallest absolute Gasteiger partial charge is 0.269 e. The number of carbonyl (C=O) groups is 1. The van der Waals surface area contributed by atoms with E-state index in [1.54, 1.807) is 25.1 Å². The maximum Gasteiger partial charge on any atom is 0.269 e. The molecule has 3 rings (SSSR count). The first-order valence-corrected chi connectivity index (χ1v) is 10.0. The van der Waals surface area contributed by atoms with Crippen molar-refractivity contribution >= 4 is 38.7 Å². The van der Waals surface area contributed by atoms with Crippen molar-refractivity contribution in [2.45, 2.75) is 13.0 Å². The minimum Gasteiger partial charge on any atom is -0.300 e. The third-order valence-electron chi connectivity index (χ3n) is 4.29. The number of halogens is 1. The molecule has 1 amide bonds. The number of amides is 1. The molecular formula is C18H15ClN2O5S. The molecule has 27 heavy (non-hydrogen) atoms. The Labute approximate surface area is 160 Å². The quantitative estimate of drug-likeness (QED) is 0.571. The summed E-state index contributed by atoms with van der Waals surface area (Å²) >= 11 is 6.18. The number of rotatable bonds is 4. The van der Waals surface area contributed by atoms with E-state index >= 15 is 0 Å².